The summed E-state index contributed by atoms with van der Waals surface area (Å²) in [6.45, 7) is 0. The summed E-state index contributed by atoms with van der Waals surface area (Å²) in [4.78, 5) is 0. The van der Waals surface area contributed by atoms with Crippen LogP contribution in [-0.2, 0) is 6.42 Å². The number of nitrogens with two attached hydrogens (primary N) is 1. The fraction of sp³-hybridized carbons (Fsp3) is 0.143. The minimum Gasteiger partial charge on any atom is -0.323 e. The molecule has 0 fully saturated rings. The molecule has 2 N–H and O–H groups in total. The van der Waals surface area contributed by atoms with Gasteiger partial charge in [0, 0.05) is 16.1 Å². The Bertz CT molecular complexity index is 660. The van der Waals surface area contributed by atoms with Crippen LogP contribution in [0.4, 0.5) is 22.0 Å². The van der Waals surface area contributed by atoms with E-state index < -0.39 is 40.7 Å². The molecule has 1 atom stereocenters. The maximum absolute atomic E-state index is 13.6. The smallest absolute Gasteiger partial charge is 0.200 e. The number of halogens is 6. The first-order chi connectivity index (χ1) is 9.84. The molecule has 0 aromatic heterocycles. The quantitative estimate of drug-likeness (QED) is 0.487. The van der Waals surface area contributed by atoms with Gasteiger partial charge in [0.1, 0.15) is 0 Å². The lowest BCUT2D eigenvalue weighted by Gasteiger charge is -2.16. The van der Waals surface area contributed by atoms with Gasteiger partial charge in [0.25, 0.3) is 0 Å². The number of rotatable bonds is 3. The number of hydrogen-bond acceptors (Lipinski definition) is 1. The highest BCUT2D eigenvalue weighted by Crippen LogP contribution is 2.29. The summed E-state index contributed by atoms with van der Waals surface area (Å²) in [5, 5.41) is 0. The fourth-order valence-corrected chi connectivity index (χ4v) is 2.40. The van der Waals surface area contributed by atoms with Crippen molar-refractivity contribution in [3.63, 3.8) is 0 Å². The summed E-state index contributed by atoms with van der Waals surface area (Å²) >= 11 is 3.22. The molecule has 0 amide bonds. The predicted molar refractivity (Wildman–Crippen MR) is 71.0 cm³/mol. The molecule has 21 heavy (non-hydrogen) atoms. The van der Waals surface area contributed by atoms with Gasteiger partial charge < -0.3 is 5.73 Å². The first-order valence-electron chi connectivity index (χ1n) is 5.85. The Labute approximate surface area is 125 Å². The Balaban J connectivity index is 2.45. The van der Waals surface area contributed by atoms with Crippen LogP contribution < -0.4 is 5.73 Å². The van der Waals surface area contributed by atoms with E-state index in [1.54, 1.807) is 24.3 Å². The molecule has 0 aliphatic carbocycles. The lowest BCUT2D eigenvalue weighted by atomic mass is 9.98. The molecule has 7 heteroatoms. The van der Waals surface area contributed by atoms with Crippen molar-refractivity contribution in [1.82, 2.24) is 0 Å². The van der Waals surface area contributed by atoms with Crippen molar-refractivity contribution in [2.45, 2.75) is 12.5 Å². The van der Waals surface area contributed by atoms with Crippen molar-refractivity contribution in [2.24, 2.45) is 5.73 Å². The summed E-state index contributed by atoms with van der Waals surface area (Å²) in [5.74, 6) is -9.98. The van der Waals surface area contributed by atoms with E-state index in [1.807, 2.05) is 0 Å². The highest BCUT2D eigenvalue weighted by Gasteiger charge is 2.29. The van der Waals surface area contributed by atoms with E-state index in [2.05, 4.69) is 15.9 Å². The number of hydrogen-bond donors (Lipinski definition) is 1. The zero-order valence-electron chi connectivity index (χ0n) is 10.4. The normalized spacial score (nSPS) is 12.5. The molecule has 0 saturated carbocycles. The summed E-state index contributed by atoms with van der Waals surface area (Å²) in [6, 6.07) is 5.34. The average Bonchev–Trinajstić information content (AvgIpc) is 2.46. The van der Waals surface area contributed by atoms with E-state index in [0.29, 0.717) is 10.0 Å². The van der Waals surface area contributed by atoms with Gasteiger partial charge >= 0.3 is 0 Å². The van der Waals surface area contributed by atoms with Crippen molar-refractivity contribution >= 4 is 15.9 Å². The standard InChI is InChI=1S/C14H9BrF5N/c15-7-4-2-1-3-6(7)5-8(21)9-10(16)12(18)14(20)13(19)11(9)17/h1-4,8H,5,21H2. The van der Waals surface area contributed by atoms with Crippen LogP contribution >= 0.6 is 15.9 Å². The minimum absolute atomic E-state index is 0.0836. The van der Waals surface area contributed by atoms with E-state index in [-0.39, 0.29) is 6.42 Å². The molecule has 0 saturated heterocycles. The fourth-order valence-electron chi connectivity index (χ4n) is 1.95. The summed E-state index contributed by atoms with van der Waals surface area (Å²) in [5.41, 5.74) is 5.21. The molecular formula is C14H9BrF5N. The third-order valence-electron chi connectivity index (χ3n) is 3.01. The van der Waals surface area contributed by atoms with Gasteiger partial charge in [0.05, 0.1) is 0 Å². The van der Waals surface area contributed by atoms with Gasteiger partial charge in [-0.05, 0) is 18.1 Å². The van der Waals surface area contributed by atoms with Gasteiger partial charge in [-0.2, -0.15) is 0 Å². The van der Waals surface area contributed by atoms with Crippen LogP contribution in [0, 0.1) is 29.1 Å². The van der Waals surface area contributed by atoms with Gasteiger partial charge in [0.2, 0.25) is 5.82 Å². The second-order valence-electron chi connectivity index (χ2n) is 4.39. The van der Waals surface area contributed by atoms with Gasteiger partial charge in [-0.3, -0.25) is 0 Å². The van der Waals surface area contributed by atoms with E-state index in [1.165, 1.54) is 0 Å². The Morgan fingerprint density at radius 2 is 1.33 bits per heavy atom. The maximum atomic E-state index is 13.6. The Morgan fingerprint density at radius 3 is 1.86 bits per heavy atom. The monoisotopic (exact) mass is 365 g/mol. The van der Waals surface area contributed by atoms with Crippen molar-refractivity contribution in [1.29, 1.82) is 0 Å². The molecular weight excluding hydrogens is 357 g/mol. The van der Waals surface area contributed by atoms with E-state index in [9.17, 15) is 22.0 Å². The minimum atomic E-state index is -2.19. The van der Waals surface area contributed by atoms with Gasteiger partial charge in [-0.25, -0.2) is 22.0 Å². The van der Waals surface area contributed by atoms with Gasteiger partial charge in [-0.1, -0.05) is 34.1 Å². The lowest BCUT2D eigenvalue weighted by molar-refractivity contribution is 0.363. The van der Waals surface area contributed by atoms with Crippen LogP contribution in [-0.4, -0.2) is 0 Å². The molecule has 0 aliphatic rings. The molecule has 1 unspecified atom stereocenters. The Hall–Kier alpha value is -1.47. The molecule has 0 aliphatic heterocycles. The Morgan fingerprint density at radius 1 is 0.857 bits per heavy atom. The van der Waals surface area contributed by atoms with Crippen LogP contribution in [0.3, 0.4) is 0 Å². The second kappa shape index (κ2) is 6.11. The zero-order chi connectivity index (χ0) is 15.7. The Kier molecular flexibility index (Phi) is 4.63. The number of benzene rings is 2. The highest BCUT2D eigenvalue weighted by atomic mass is 79.9. The first kappa shape index (κ1) is 15.9. The summed E-state index contributed by atoms with van der Waals surface area (Å²) < 4.78 is 67.2. The van der Waals surface area contributed by atoms with Crippen LogP contribution in [0.15, 0.2) is 28.7 Å². The third kappa shape index (κ3) is 2.94. The molecule has 0 spiro atoms. The van der Waals surface area contributed by atoms with Crippen LogP contribution in [0.5, 0.6) is 0 Å². The SMILES string of the molecule is NC(Cc1ccccc1Br)c1c(F)c(F)c(F)c(F)c1F. The molecule has 0 heterocycles. The van der Waals surface area contributed by atoms with Crippen molar-refractivity contribution < 1.29 is 22.0 Å². The molecule has 2 rings (SSSR count). The second-order valence-corrected chi connectivity index (χ2v) is 5.24. The first-order valence-corrected chi connectivity index (χ1v) is 6.64. The molecule has 2 aromatic carbocycles. The molecule has 1 nitrogen and oxygen atoms in total. The molecule has 2 aromatic rings. The van der Waals surface area contributed by atoms with E-state index in [4.69, 9.17) is 5.73 Å². The molecule has 0 bridgehead atoms. The van der Waals surface area contributed by atoms with Crippen molar-refractivity contribution in [3.8, 4) is 0 Å². The largest absolute Gasteiger partial charge is 0.323 e. The van der Waals surface area contributed by atoms with Crippen molar-refractivity contribution in [2.75, 3.05) is 0 Å². The van der Waals surface area contributed by atoms with Crippen LogP contribution in [0.25, 0.3) is 0 Å². The molecule has 0 radical (unpaired) electrons. The van der Waals surface area contributed by atoms with E-state index >= 15 is 0 Å². The maximum Gasteiger partial charge on any atom is 0.200 e. The highest BCUT2D eigenvalue weighted by molar-refractivity contribution is 9.10. The van der Waals surface area contributed by atoms with Gasteiger partial charge in [0.15, 0.2) is 23.3 Å². The van der Waals surface area contributed by atoms with E-state index in [0.717, 1.165) is 0 Å². The zero-order valence-corrected chi connectivity index (χ0v) is 12.0. The summed E-state index contributed by atoms with van der Waals surface area (Å²) in [7, 11) is 0. The lowest BCUT2D eigenvalue weighted by Crippen LogP contribution is -2.20. The molecule has 112 valence electrons. The average molecular weight is 366 g/mol. The van der Waals surface area contributed by atoms with Crippen LogP contribution in [0.1, 0.15) is 17.2 Å². The van der Waals surface area contributed by atoms with Crippen molar-refractivity contribution in [3.05, 3.63) is 69.0 Å². The topological polar surface area (TPSA) is 26.0 Å². The van der Waals surface area contributed by atoms with Crippen LogP contribution in [0.2, 0.25) is 0 Å². The summed E-state index contributed by atoms with van der Waals surface area (Å²) in [6.07, 6.45) is -0.0836. The van der Waals surface area contributed by atoms with Gasteiger partial charge in [-0.15, -0.1) is 0 Å². The predicted octanol–water partition coefficient (Wildman–Crippen LogP) is 4.39. The third-order valence-corrected chi connectivity index (χ3v) is 3.79.